The van der Waals surface area contributed by atoms with E-state index in [4.69, 9.17) is 23.2 Å². The molecule has 0 radical (unpaired) electrons. The Balaban J connectivity index is 1.45. The van der Waals surface area contributed by atoms with Gasteiger partial charge in [-0.05, 0) is 24.6 Å². The number of nitrogens with zero attached hydrogens (tertiary/aromatic N) is 5. The number of aryl methyl sites for hydroxylation is 1. The van der Waals surface area contributed by atoms with E-state index in [1.807, 2.05) is 24.0 Å². The van der Waals surface area contributed by atoms with Gasteiger partial charge in [0.1, 0.15) is 5.56 Å². The lowest BCUT2D eigenvalue weighted by Crippen LogP contribution is -2.48. The van der Waals surface area contributed by atoms with Crippen LogP contribution in [0.1, 0.15) is 21.6 Å². The van der Waals surface area contributed by atoms with Gasteiger partial charge in [-0.3, -0.25) is 9.69 Å². The molecule has 140 valence electrons. The topological polar surface area (TPSA) is 53.7 Å². The second-order valence-electron chi connectivity index (χ2n) is 6.63. The van der Waals surface area contributed by atoms with Crippen molar-refractivity contribution < 1.29 is 4.79 Å². The minimum atomic E-state index is -0.0124. The minimum absolute atomic E-state index is 0.0124. The van der Waals surface area contributed by atoms with Crippen molar-refractivity contribution in [1.82, 2.24) is 24.4 Å². The monoisotopic (exact) mass is 403 g/mol. The van der Waals surface area contributed by atoms with Gasteiger partial charge in [-0.15, -0.1) is 0 Å². The number of carbonyl (C=O) groups is 1. The molecule has 1 fully saturated rings. The molecule has 8 heteroatoms. The van der Waals surface area contributed by atoms with E-state index in [1.54, 1.807) is 29.0 Å². The number of carbonyl (C=O) groups excluding carboxylic acids is 1. The highest BCUT2D eigenvalue weighted by Crippen LogP contribution is 2.27. The molecule has 0 N–H and O–H groups in total. The van der Waals surface area contributed by atoms with Crippen LogP contribution in [0.15, 0.2) is 36.7 Å². The summed E-state index contributed by atoms with van der Waals surface area (Å²) in [7, 11) is 0. The van der Waals surface area contributed by atoms with Crippen molar-refractivity contribution in [1.29, 1.82) is 0 Å². The zero-order valence-electron chi connectivity index (χ0n) is 14.9. The fraction of sp³-hybridized carbons (Fsp3) is 0.316. The van der Waals surface area contributed by atoms with Gasteiger partial charge in [-0.25, -0.2) is 9.50 Å². The largest absolute Gasteiger partial charge is 0.336 e. The molecule has 1 aromatic carbocycles. The summed E-state index contributed by atoms with van der Waals surface area (Å²) in [5, 5.41) is 5.56. The molecule has 1 saturated heterocycles. The lowest BCUT2D eigenvalue weighted by molar-refractivity contribution is 0.0629. The lowest BCUT2D eigenvalue weighted by Gasteiger charge is -2.34. The molecule has 0 bridgehead atoms. The van der Waals surface area contributed by atoms with Crippen LogP contribution in [0.4, 0.5) is 0 Å². The minimum Gasteiger partial charge on any atom is -0.336 e. The van der Waals surface area contributed by atoms with Gasteiger partial charge in [0.15, 0.2) is 5.65 Å². The third-order valence-electron chi connectivity index (χ3n) is 4.87. The molecule has 0 unspecified atom stereocenters. The normalized spacial score (nSPS) is 15.4. The van der Waals surface area contributed by atoms with Gasteiger partial charge in [-0.1, -0.05) is 35.3 Å². The zero-order valence-corrected chi connectivity index (χ0v) is 16.4. The molecule has 0 atom stereocenters. The zero-order chi connectivity index (χ0) is 19.0. The second-order valence-corrected chi connectivity index (χ2v) is 7.41. The highest BCUT2D eigenvalue weighted by atomic mass is 35.5. The van der Waals surface area contributed by atoms with E-state index < -0.39 is 0 Å². The average Bonchev–Trinajstić information content (AvgIpc) is 3.01. The number of hydrogen-bond acceptors (Lipinski definition) is 4. The first-order chi connectivity index (χ1) is 13.0. The smallest absolute Gasteiger partial charge is 0.259 e. The number of fused-ring (bicyclic) bond motifs is 1. The quantitative estimate of drug-likeness (QED) is 0.672. The summed E-state index contributed by atoms with van der Waals surface area (Å²) in [6.45, 7) is 5.43. The number of halogens is 2. The molecular formula is C19H19Cl2N5O. The summed E-state index contributed by atoms with van der Waals surface area (Å²) in [6.07, 6.45) is 3.48. The number of amides is 1. The summed E-state index contributed by atoms with van der Waals surface area (Å²) < 4.78 is 1.65. The van der Waals surface area contributed by atoms with Crippen LogP contribution in [-0.2, 0) is 6.54 Å². The average molecular weight is 404 g/mol. The van der Waals surface area contributed by atoms with Gasteiger partial charge in [0.05, 0.1) is 15.7 Å². The van der Waals surface area contributed by atoms with Gasteiger partial charge in [0.2, 0.25) is 0 Å². The van der Waals surface area contributed by atoms with Crippen LogP contribution in [0.5, 0.6) is 0 Å². The van der Waals surface area contributed by atoms with E-state index in [1.165, 1.54) is 0 Å². The second kappa shape index (κ2) is 7.46. The molecule has 1 aliphatic heterocycles. The molecule has 4 rings (SSSR count). The molecule has 3 heterocycles. The Kier molecular flexibility index (Phi) is 5.04. The maximum atomic E-state index is 13.0. The first kappa shape index (κ1) is 18.2. The van der Waals surface area contributed by atoms with Crippen molar-refractivity contribution >= 4 is 34.8 Å². The van der Waals surface area contributed by atoms with E-state index >= 15 is 0 Å². The van der Waals surface area contributed by atoms with Gasteiger partial charge in [0, 0.05) is 45.1 Å². The molecule has 0 aliphatic carbocycles. The summed E-state index contributed by atoms with van der Waals surface area (Å²) in [5.41, 5.74) is 2.90. The van der Waals surface area contributed by atoms with Crippen LogP contribution in [0.2, 0.25) is 10.0 Å². The molecule has 27 heavy (non-hydrogen) atoms. The Labute approximate surface area is 167 Å². The molecular weight excluding hydrogens is 385 g/mol. The lowest BCUT2D eigenvalue weighted by atomic mass is 10.1. The number of benzene rings is 1. The van der Waals surface area contributed by atoms with Crippen LogP contribution in [0, 0.1) is 6.92 Å². The van der Waals surface area contributed by atoms with E-state index in [0.29, 0.717) is 40.0 Å². The fourth-order valence-corrected chi connectivity index (χ4v) is 3.81. The maximum absolute atomic E-state index is 13.0. The Hall–Kier alpha value is -2.15. The number of aromatic nitrogens is 3. The van der Waals surface area contributed by atoms with Crippen molar-refractivity contribution in [3.05, 3.63) is 63.5 Å². The predicted molar refractivity (Wildman–Crippen MR) is 105 cm³/mol. The third-order valence-corrected chi connectivity index (χ3v) is 5.73. The molecule has 6 nitrogen and oxygen atoms in total. The molecule has 1 aliphatic rings. The predicted octanol–water partition coefficient (Wildman–Crippen LogP) is 3.30. The third kappa shape index (κ3) is 3.52. The van der Waals surface area contributed by atoms with Crippen molar-refractivity contribution in [2.24, 2.45) is 0 Å². The Morgan fingerprint density at radius 2 is 1.93 bits per heavy atom. The van der Waals surface area contributed by atoms with Crippen LogP contribution < -0.4 is 0 Å². The van der Waals surface area contributed by atoms with Crippen LogP contribution >= 0.6 is 23.2 Å². The van der Waals surface area contributed by atoms with E-state index in [9.17, 15) is 4.79 Å². The summed E-state index contributed by atoms with van der Waals surface area (Å²) in [4.78, 5) is 21.5. The van der Waals surface area contributed by atoms with Crippen molar-refractivity contribution in [3.8, 4) is 0 Å². The Bertz CT molecular complexity index is 995. The number of hydrogen-bond donors (Lipinski definition) is 0. The van der Waals surface area contributed by atoms with Crippen molar-refractivity contribution in [2.75, 3.05) is 26.2 Å². The van der Waals surface area contributed by atoms with Gasteiger partial charge >= 0.3 is 0 Å². The van der Waals surface area contributed by atoms with E-state index in [-0.39, 0.29) is 5.91 Å². The summed E-state index contributed by atoms with van der Waals surface area (Å²) in [6, 6.07) is 7.48. The molecule has 0 saturated carbocycles. The van der Waals surface area contributed by atoms with Crippen LogP contribution in [-0.4, -0.2) is 56.5 Å². The maximum Gasteiger partial charge on any atom is 0.259 e. The first-order valence-corrected chi connectivity index (χ1v) is 9.54. The van der Waals surface area contributed by atoms with Crippen LogP contribution in [0.25, 0.3) is 5.65 Å². The molecule has 2 aromatic heterocycles. The Morgan fingerprint density at radius 3 is 2.70 bits per heavy atom. The summed E-state index contributed by atoms with van der Waals surface area (Å²) in [5.74, 6) is -0.0124. The summed E-state index contributed by atoms with van der Waals surface area (Å²) >= 11 is 12.4. The standard InChI is InChI=1S/C19H19Cl2N5O/c1-13-16(18-22-6-3-7-26(18)23-13)19(27)25-10-8-24(9-11-25)12-14-4-2-5-15(20)17(14)21/h2-7H,8-12H2,1H3. The van der Waals surface area contributed by atoms with Gasteiger partial charge in [0.25, 0.3) is 5.91 Å². The number of piperazine rings is 1. The van der Waals surface area contributed by atoms with E-state index in [0.717, 1.165) is 25.2 Å². The number of rotatable bonds is 3. The highest BCUT2D eigenvalue weighted by Gasteiger charge is 2.27. The first-order valence-electron chi connectivity index (χ1n) is 8.79. The molecule has 0 spiro atoms. The fourth-order valence-electron chi connectivity index (χ4n) is 3.43. The van der Waals surface area contributed by atoms with Crippen molar-refractivity contribution in [3.63, 3.8) is 0 Å². The molecule has 3 aromatic rings. The van der Waals surface area contributed by atoms with Crippen molar-refractivity contribution in [2.45, 2.75) is 13.5 Å². The molecule has 1 amide bonds. The van der Waals surface area contributed by atoms with Gasteiger partial charge in [-0.2, -0.15) is 5.10 Å². The Morgan fingerprint density at radius 1 is 1.15 bits per heavy atom. The van der Waals surface area contributed by atoms with Gasteiger partial charge < -0.3 is 4.90 Å². The van der Waals surface area contributed by atoms with Crippen LogP contribution in [0.3, 0.4) is 0 Å². The van der Waals surface area contributed by atoms with E-state index in [2.05, 4.69) is 15.0 Å². The SMILES string of the molecule is Cc1nn2cccnc2c1C(=O)N1CCN(Cc2cccc(Cl)c2Cl)CC1. The highest BCUT2D eigenvalue weighted by molar-refractivity contribution is 6.42.